The van der Waals surface area contributed by atoms with Crippen molar-refractivity contribution in [1.82, 2.24) is 4.90 Å². The van der Waals surface area contributed by atoms with Crippen LogP contribution in [0.2, 0.25) is 0 Å². The number of aliphatic carboxylic acids is 1. The first kappa shape index (κ1) is 17.5. The number of carboxylic acids is 1. The molecule has 0 aliphatic carbocycles. The van der Waals surface area contributed by atoms with E-state index in [0.717, 1.165) is 12.8 Å². The Morgan fingerprint density at radius 1 is 1.24 bits per heavy atom. The van der Waals surface area contributed by atoms with Crippen LogP contribution in [0.15, 0.2) is 24.3 Å². The topological polar surface area (TPSA) is 60.8 Å². The molecule has 0 aliphatic rings. The van der Waals surface area contributed by atoms with Crippen LogP contribution in [0.4, 0.5) is 0 Å². The van der Waals surface area contributed by atoms with E-state index in [1.807, 2.05) is 12.1 Å². The van der Waals surface area contributed by atoms with Crippen LogP contribution in [-0.4, -0.2) is 39.2 Å². The number of rotatable bonds is 7. The molecule has 4 nitrogen and oxygen atoms in total. The molecule has 0 radical (unpaired) electrons. The monoisotopic (exact) mass is 293 g/mol. The van der Waals surface area contributed by atoms with Gasteiger partial charge in [0.2, 0.25) is 0 Å². The van der Waals surface area contributed by atoms with E-state index in [1.54, 1.807) is 12.1 Å². The highest BCUT2D eigenvalue weighted by molar-refractivity contribution is 5.66. The molecule has 2 N–H and O–H groups in total. The van der Waals surface area contributed by atoms with E-state index in [9.17, 15) is 9.90 Å². The Bertz CT molecular complexity index is 448. The van der Waals surface area contributed by atoms with E-state index in [0.29, 0.717) is 12.6 Å². The van der Waals surface area contributed by atoms with Crippen molar-refractivity contribution in [2.24, 2.45) is 0 Å². The Labute approximate surface area is 127 Å². The highest BCUT2D eigenvalue weighted by Gasteiger charge is 2.26. The fourth-order valence-corrected chi connectivity index (χ4v) is 2.63. The molecule has 0 spiro atoms. The summed E-state index contributed by atoms with van der Waals surface area (Å²) in [6, 6.07) is 7.57. The van der Waals surface area contributed by atoms with Crippen molar-refractivity contribution in [3.63, 3.8) is 0 Å². The Kier molecular flexibility index (Phi) is 6.21. The molecule has 0 aromatic heterocycles. The fraction of sp³-hybridized carbons (Fsp3) is 0.588. The molecular weight excluding hydrogens is 266 g/mol. The van der Waals surface area contributed by atoms with Crippen molar-refractivity contribution in [2.75, 3.05) is 6.54 Å². The van der Waals surface area contributed by atoms with Crippen molar-refractivity contribution < 1.29 is 15.0 Å². The number of carboxylic acid groups (broad SMARTS) is 1. The minimum absolute atomic E-state index is 0.0518. The summed E-state index contributed by atoms with van der Waals surface area (Å²) in [5.74, 6) is -0.473. The van der Waals surface area contributed by atoms with Crippen LogP contribution in [0.5, 0.6) is 5.75 Å². The van der Waals surface area contributed by atoms with Crippen LogP contribution in [0.25, 0.3) is 0 Å². The highest BCUT2D eigenvalue weighted by Crippen LogP contribution is 2.21. The number of phenols is 1. The van der Waals surface area contributed by atoms with Crippen LogP contribution in [0.3, 0.4) is 0 Å². The second-order valence-electron chi connectivity index (χ2n) is 6.56. The summed E-state index contributed by atoms with van der Waals surface area (Å²) in [5, 5.41) is 18.2. The Morgan fingerprint density at radius 2 is 1.81 bits per heavy atom. The van der Waals surface area contributed by atoms with Gasteiger partial charge in [-0.3, -0.25) is 9.69 Å². The Hall–Kier alpha value is -1.55. The molecule has 1 aromatic carbocycles. The fourth-order valence-electron chi connectivity index (χ4n) is 2.63. The SMILES string of the molecule is CC(CCc1ccc(O)cc1)N(CCC(=O)O)C(C)(C)C. The van der Waals surface area contributed by atoms with E-state index in [1.165, 1.54) is 5.56 Å². The van der Waals surface area contributed by atoms with E-state index in [2.05, 4.69) is 32.6 Å². The van der Waals surface area contributed by atoms with Gasteiger partial charge in [0, 0.05) is 18.1 Å². The third-order valence-electron chi connectivity index (χ3n) is 3.75. The number of benzene rings is 1. The maximum absolute atomic E-state index is 10.8. The predicted molar refractivity (Wildman–Crippen MR) is 84.6 cm³/mol. The van der Waals surface area contributed by atoms with Crippen LogP contribution in [-0.2, 0) is 11.2 Å². The average molecular weight is 293 g/mol. The molecule has 0 fully saturated rings. The zero-order valence-electron chi connectivity index (χ0n) is 13.5. The summed E-state index contributed by atoms with van der Waals surface area (Å²) in [4.78, 5) is 13.1. The van der Waals surface area contributed by atoms with Crippen LogP contribution in [0, 0.1) is 0 Å². The number of aromatic hydroxyl groups is 1. The lowest BCUT2D eigenvalue weighted by Crippen LogP contribution is -2.48. The van der Waals surface area contributed by atoms with Gasteiger partial charge in [-0.25, -0.2) is 0 Å². The summed E-state index contributed by atoms with van der Waals surface area (Å²) in [6.45, 7) is 9.06. The zero-order chi connectivity index (χ0) is 16.0. The highest BCUT2D eigenvalue weighted by atomic mass is 16.4. The second kappa shape index (κ2) is 7.46. The molecule has 0 saturated carbocycles. The van der Waals surface area contributed by atoms with Gasteiger partial charge in [-0.15, -0.1) is 0 Å². The normalized spacial score (nSPS) is 13.4. The van der Waals surface area contributed by atoms with Crippen molar-refractivity contribution >= 4 is 5.97 Å². The Morgan fingerprint density at radius 3 is 2.29 bits per heavy atom. The van der Waals surface area contributed by atoms with E-state index < -0.39 is 5.97 Å². The summed E-state index contributed by atoms with van der Waals surface area (Å²) >= 11 is 0. The first-order valence-corrected chi connectivity index (χ1v) is 7.46. The smallest absolute Gasteiger partial charge is 0.304 e. The molecule has 4 heteroatoms. The van der Waals surface area contributed by atoms with Crippen molar-refractivity contribution in [2.45, 2.75) is 58.5 Å². The molecular formula is C17H27NO3. The second-order valence-corrected chi connectivity index (χ2v) is 6.56. The van der Waals surface area contributed by atoms with Crippen LogP contribution >= 0.6 is 0 Å². The quantitative estimate of drug-likeness (QED) is 0.810. The third-order valence-corrected chi connectivity index (χ3v) is 3.75. The molecule has 0 bridgehead atoms. The third kappa shape index (κ3) is 6.17. The largest absolute Gasteiger partial charge is 0.508 e. The summed E-state index contributed by atoms with van der Waals surface area (Å²) in [6.07, 6.45) is 2.05. The molecule has 0 heterocycles. The number of hydrogen-bond acceptors (Lipinski definition) is 3. The van der Waals surface area contributed by atoms with Gasteiger partial charge in [0.05, 0.1) is 6.42 Å². The van der Waals surface area contributed by atoms with Gasteiger partial charge in [-0.05, 0) is 58.2 Å². The number of hydrogen-bond donors (Lipinski definition) is 2. The van der Waals surface area contributed by atoms with Gasteiger partial charge in [-0.1, -0.05) is 12.1 Å². The maximum atomic E-state index is 10.8. The first-order chi connectivity index (χ1) is 9.70. The molecule has 1 atom stereocenters. The lowest BCUT2D eigenvalue weighted by Gasteiger charge is -2.40. The minimum Gasteiger partial charge on any atom is -0.508 e. The minimum atomic E-state index is -0.755. The number of carbonyl (C=O) groups is 1. The van der Waals surface area contributed by atoms with Crippen LogP contribution in [0.1, 0.15) is 46.1 Å². The van der Waals surface area contributed by atoms with Gasteiger partial charge < -0.3 is 10.2 Å². The summed E-state index contributed by atoms with van der Waals surface area (Å²) in [7, 11) is 0. The van der Waals surface area contributed by atoms with Gasteiger partial charge in [0.1, 0.15) is 5.75 Å². The van der Waals surface area contributed by atoms with E-state index in [4.69, 9.17) is 5.11 Å². The molecule has 1 rings (SSSR count). The summed E-state index contributed by atoms with van der Waals surface area (Å²) in [5.41, 5.74) is 1.14. The lowest BCUT2D eigenvalue weighted by molar-refractivity contribution is -0.137. The maximum Gasteiger partial charge on any atom is 0.304 e. The van der Waals surface area contributed by atoms with Crippen molar-refractivity contribution in [3.05, 3.63) is 29.8 Å². The summed E-state index contributed by atoms with van der Waals surface area (Å²) < 4.78 is 0. The van der Waals surface area contributed by atoms with E-state index in [-0.39, 0.29) is 17.7 Å². The molecule has 1 unspecified atom stereocenters. The van der Waals surface area contributed by atoms with Gasteiger partial charge in [-0.2, -0.15) is 0 Å². The Balaban J connectivity index is 2.61. The lowest BCUT2D eigenvalue weighted by atomic mass is 9.98. The van der Waals surface area contributed by atoms with Crippen molar-refractivity contribution in [3.8, 4) is 5.75 Å². The molecule has 0 aliphatic heterocycles. The molecule has 1 aromatic rings. The first-order valence-electron chi connectivity index (χ1n) is 7.46. The predicted octanol–water partition coefficient (Wildman–Crippen LogP) is 3.29. The number of aryl methyl sites for hydroxylation is 1. The van der Waals surface area contributed by atoms with E-state index >= 15 is 0 Å². The average Bonchev–Trinajstić information content (AvgIpc) is 2.36. The standard InChI is InChI=1S/C17H27NO3/c1-13(5-6-14-7-9-15(19)10-8-14)18(17(2,3)4)12-11-16(20)21/h7-10,13,19H,5-6,11-12H2,1-4H3,(H,20,21). The van der Waals surface area contributed by atoms with Gasteiger partial charge in [0.25, 0.3) is 0 Å². The van der Waals surface area contributed by atoms with Gasteiger partial charge in [0.15, 0.2) is 0 Å². The number of phenolic OH excluding ortho intramolecular Hbond substituents is 1. The molecule has 118 valence electrons. The molecule has 0 saturated heterocycles. The zero-order valence-corrected chi connectivity index (χ0v) is 13.5. The molecule has 0 amide bonds. The van der Waals surface area contributed by atoms with Crippen molar-refractivity contribution in [1.29, 1.82) is 0 Å². The van der Waals surface area contributed by atoms with Gasteiger partial charge >= 0.3 is 5.97 Å². The number of nitrogens with zero attached hydrogens (tertiary/aromatic N) is 1. The molecule has 21 heavy (non-hydrogen) atoms. The van der Waals surface area contributed by atoms with Crippen LogP contribution < -0.4 is 0 Å².